The summed E-state index contributed by atoms with van der Waals surface area (Å²) in [7, 11) is 0. The van der Waals surface area contributed by atoms with Gasteiger partial charge in [0.25, 0.3) is 0 Å². The first-order valence-corrected chi connectivity index (χ1v) is 6.85. The molecule has 0 amide bonds. The molecular formula is C15H20FNO3. The molecule has 1 unspecified atom stereocenters. The van der Waals surface area contributed by atoms with Crippen LogP contribution in [-0.2, 0) is 16.0 Å². The predicted molar refractivity (Wildman–Crippen MR) is 73.3 cm³/mol. The number of hydrogen-bond donors (Lipinski definition) is 1. The minimum Gasteiger partial charge on any atom is -0.481 e. The highest BCUT2D eigenvalue weighted by Crippen LogP contribution is 2.16. The van der Waals surface area contributed by atoms with Gasteiger partial charge in [-0.05, 0) is 30.5 Å². The number of nitrogens with zero attached hydrogens (tertiary/aromatic N) is 1. The van der Waals surface area contributed by atoms with Crippen molar-refractivity contribution < 1.29 is 19.0 Å². The van der Waals surface area contributed by atoms with Crippen molar-refractivity contribution >= 4 is 5.97 Å². The number of rotatable bonds is 5. The van der Waals surface area contributed by atoms with E-state index >= 15 is 0 Å². The van der Waals surface area contributed by atoms with Crippen molar-refractivity contribution in [2.24, 2.45) is 0 Å². The molecule has 0 aromatic heterocycles. The molecule has 1 fully saturated rings. The highest BCUT2D eigenvalue weighted by atomic mass is 19.1. The molecular weight excluding hydrogens is 261 g/mol. The molecule has 1 atom stereocenters. The first-order valence-electron chi connectivity index (χ1n) is 6.85. The third-order valence-electron chi connectivity index (χ3n) is 3.67. The number of aryl methyl sites for hydroxylation is 1. The van der Waals surface area contributed by atoms with E-state index in [1.54, 1.807) is 19.1 Å². The summed E-state index contributed by atoms with van der Waals surface area (Å²) in [6.45, 7) is 4.49. The zero-order chi connectivity index (χ0) is 14.5. The molecule has 110 valence electrons. The molecule has 0 spiro atoms. The van der Waals surface area contributed by atoms with E-state index in [2.05, 4.69) is 4.90 Å². The number of benzene rings is 1. The molecule has 1 saturated heterocycles. The molecule has 1 aliphatic rings. The Labute approximate surface area is 118 Å². The number of ether oxygens (including phenoxy) is 1. The maximum absolute atomic E-state index is 13.3. The van der Waals surface area contributed by atoms with Crippen LogP contribution in [0.1, 0.15) is 17.5 Å². The van der Waals surface area contributed by atoms with Gasteiger partial charge in [0, 0.05) is 19.1 Å². The van der Waals surface area contributed by atoms with Crippen LogP contribution < -0.4 is 0 Å². The Morgan fingerprint density at radius 3 is 2.75 bits per heavy atom. The summed E-state index contributed by atoms with van der Waals surface area (Å²) >= 11 is 0. The largest absolute Gasteiger partial charge is 0.481 e. The summed E-state index contributed by atoms with van der Waals surface area (Å²) < 4.78 is 18.6. The number of aliphatic carboxylic acids is 1. The van der Waals surface area contributed by atoms with Crippen LogP contribution in [0.25, 0.3) is 0 Å². The van der Waals surface area contributed by atoms with Gasteiger partial charge >= 0.3 is 5.97 Å². The third kappa shape index (κ3) is 4.02. The summed E-state index contributed by atoms with van der Waals surface area (Å²) in [5, 5.41) is 9.07. The Kier molecular flexibility index (Phi) is 5.09. The number of carbonyl (C=O) groups is 1. The average Bonchev–Trinajstić information content (AvgIpc) is 2.43. The average molecular weight is 281 g/mol. The first kappa shape index (κ1) is 14.9. The fraction of sp³-hybridized carbons (Fsp3) is 0.533. The minimum atomic E-state index is -0.805. The number of hydrogen-bond acceptors (Lipinski definition) is 3. The fourth-order valence-electron chi connectivity index (χ4n) is 2.58. The maximum atomic E-state index is 13.3. The Hall–Kier alpha value is -1.46. The maximum Gasteiger partial charge on any atom is 0.304 e. The lowest BCUT2D eigenvalue weighted by atomic mass is 9.99. The summed E-state index contributed by atoms with van der Waals surface area (Å²) in [4.78, 5) is 13.2. The second-order valence-electron chi connectivity index (χ2n) is 5.19. The summed E-state index contributed by atoms with van der Waals surface area (Å²) in [5.41, 5.74) is 1.57. The van der Waals surface area contributed by atoms with Crippen LogP contribution in [0.4, 0.5) is 4.39 Å². The highest BCUT2D eigenvalue weighted by molar-refractivity contribution is 5.67. The van der Waals surface area contributed by atoms with Crippen molar-refractivity contribution in [2.45, 2.75) is 25.8 Å². The van der Waals surface area contributed by atoms with Crippen LogP contribution in [0, 0.1) is 12.7 Å². The molecule has 1 aliphatic heterocycles. The normalized spacial score (nSPS) is 17.9. The smallest absolute Gasteiger partial charge is 0.304 e. The van der Waals surface area contributed by atoms with Gasteiger partial charge in [-0.15, -0.1) is 0 Å². The van der Waals surface area contributed by atoms with Gasteiger partial charge < -0.3 is 9.84 Å². The number of carboxylic acids is 1. The van der Waals surface area contributed by atoms with E-state index in [9.17, 15) is 9.18 Å². The minimum absolute atomic E-state index is 0.0683. The summed E-state index contributed by atoms with van der Waals surface area (Å²) in [6, 6.07) is 4.91. The Bertz CT molecular complexity index is 472. The van der Waals surface area contributed by atoms with Crippen molar-refractivity contribution in [2.75, 3.05) is 26.3 Å². The molecule has 4 nitrogen and oxygen atoms in total. The van der Waals surface area contributed by atoms with Gasteiger partial charge in [-0.2, -0.15) is 0 Å². The Morgan fingerprint density at radius 2 is 2.15 bits per heavy atom. The molecule has 20 heavy (non-hydrogen) atoms. The van der Waals surface area contributed by atoms with Crippen molar-refractivity contribution in [3.05, 3.63) is 35.1 Å². The predicted octanol–water partition coefficient (Wildman–Crippen LogP) is 1.85. The van der Waals surface area contributed by atoms with Crippen LogP contribution in [0.3, 0.4) is 0 Å². The highest BCUT2D eigenvalue weighted by Gasteiger charge is 2.23. The van der Waals surface area contributed by atoms with E-state index in [1.807, 2.05) is 0 Å². The second kappa shape index (κ2) is 6.81. The lowest BCUT2D eigenvalue weighted by molar-refractivity contribution is -0.138. The van der Waals surface area contributed by atoms with E-state index in [0.717, 1.165) is 18.7 Å². The van der Waals surface area contributed by atoms with Crippen molar-refractivity contribution in [3.8, 4) is 0 Å². The molecule has 0 radical (unpaired) electrons. The van der Waals surface area contributed by atoms with Gasteiger partial charge in [0.05, 0.1) is 19.6 Å². The van der Waals surface area contributed by atoms with E-state index in [1.165, 1.54) is 6.07 Å². The molecule has 1 N–H and O–H groups in total. The van der Waals surface area contributed by atoms with Crippen LogP contribution in [0.5, 0.6) is 0 Å². The zero-order valence-corrected chi connectivity index (χ0v) is 11.6. The van der Waals surface area contributed by atoms with Crippen molar-refractivity contribution in [1.82, 2.24) is 4.90 Å². The summed E-state index contributed by atoms with van der Waals surface area (Å²) in [5.74, 6) is -1.03. The van der Waals surface area contributed by atoms with Crippen LogP contribution in [0.15, 0.2) is 18.2 Å². The molecule has 1 aromatic carbocycles. The molecule has 1 heterocycles. The molecule has 2 rings (SSSR count). The van der Waals surface area contributed by atoms with E-state index in [-0.39, 0.29) is 18.3 Å². The Balaban J connectivity index is 2.09. The van der Waals surface area contributed by atoms with E-state index in [4.69, 9.17) is 9.84 Å². The van der Waals surface area contributed by atoms with Crippen LogP contribution >= 0.6 is 0 Å². The SMILES string of the molecule is Cc1cc(CC(CC(=O)O)N2CCOCC2)ccc1F. The molecule has 5 heteroatoms. The topological polar surface area (TPSA) is 49.8 Å². The van der Waals surface area contributed by atoms with Gasteiger partial charge in [0.2, 0.25) is 0 Å². The van der Waals surface area contributed by atoms with E-state index < -0.39 is 5.97 Å². The lowest BCUT2D eigenvalue weighted by Crippen LogP contribution is -2.45. The monoisotopic (exact) mass is 281 g/mol. The number of morpholine rings is 1. The molecule has 0 saturated carbocycles. The lowest BCUT2D eigenvalue weighted by Gasteiger charge is -2.33. The van der Waals surface area contributed by atoms with Gasteiger partial charge in [-0.25, -0.2) is 4.39 Å². The number of carboxylic acid groups (broad SMARTS) is 1. The van der Waals surface area contributed by atoms with Crippen molar-refractivity contribution in [1.29, 1.82) is 0 Å². The fourth-order valence-corrected chi connectivity index (χ4v) is 2.58. The first-order chi connectivity index (χ1) is 9.56. The van der Waals surface area contributed by atoms with E-state index in [0.29, 0.717) is 25.2 Å². The number of halogens is 1. The van der Waals surface area contributed by atoms with Crippen LogP contribution in [0.2, 0.25) is 0 Å². The molecule has 1 aromatic rings. The standard InChI is InChI=1S/C15H20FNO3/c1-11-8-12(2-3-14(11)16)9-13(10-15(18)19)17-4-6-20-7-5-17/h2-3,8,13H,4-7,9-10H2,1H3,(H,18,19). The second-order valence-corrected chi connectivity index (χ2v) is 5.19. The van der Waals surface area contributed by atoms with Gasteiger partial charge in [-0.1, -0.05) is 12.1 Å². The quantitative estimate of drug-likeness (QED) is 0.895. The molecule has 0 aliphatic carbocycles. The van der Waals surface area contributed by atoms with Gasteiger partial charge in [-0.3, -0.25) is 9.69 Å². The third-order valence-corrected chi connectivity index (χ3v) is 3.67. The van der Waals surface area contributed by atoms with Crippen LogP contribution in [-0.4, -0.2) is 48.3 Å². The van der Waals surface area contributed by atoms with Gasteiger partial charge in [0.1, 0.15) is 5.82 Å². The van der Waals surface area contributed by atoms with Gasteiger partial charge in [0.15, 0.2) is 0 Å². The Morgan fingerprint density at radius 1 is 1.45 bits per heavy atom. The zero-order valence-electron chi connectivity index (χ0n) is 11.6. The van der Waals surface area contributed by atoms with Crippen molar-refractivity contribution in [3.63, 3.8) is 0 Å². The summed E-state index contributed by atoms with van der Waals surface area (Å²) in [6.07, 6.45) is 0.712. The molecule has 0 bridgehead atoms.